The molecule has 3 aromatic heterocycles. The summed E-state index contributed by atoms with van der Waals surface area (Å²) in [6, 6.07) is 6.15. The second-order valence-corrected chi connectivity index (χ2v) is 11.5. The molecule has 0 bridgehead atoms. The first-order valence-corrected chi connectivity index (χ1v) is 11.3. The maximum atomic E-state index is 14.2. The van der Waals surface area contributed by atoms with E-state index in [-0.39, 0.29) is 4.90 Å². The molecule has 1 aliphatic rings. The van der Waals surface area contributed by atoms with Crippen molar-refractivity contribution in [2.45, 2.75) is 55.3 Å². The Hall–Kier alpha value is -2.52. The number of aliphatic hydroxyl groups is 1. The van der Waals surface area contributed by atoms with Crippen LogP contribution in [0.3, 0.4) is 0 Å². The number of fused-ring (bicyclic) bond motifs is 1. The minimum atomic E-state index is -3.55. The van der Waals surface area contributed by atoms with E-state index in [1.165, 1.54) is 18.3 Å². The van der Waals surface area contributed by atoms with Crippen LogP contribution in [0.2, 0.25) is 0 Å². The predicted molar refractivity (Wildman–Crippen MR) is 113 cm³/mol. The summed E-state index contributed by atoms with van der Waals surface area (Å²) in [5.74, 6) is -0.309. The lowest BCUT2D eigenvalue weighted by molar-refractivity contribution is 0.144. The molecule has 0 unspecified atom stereocenters. The summed E-state index contributed by atoms with van der Waals surface area (Å²) in [6.07, 6.45) is 5.25. The summed E-state index contributed by atoms with van der Waals surface area (Å²) in [5, 5.41) is 13.0. The van der Waals surface area contributed by atoms with Crippen LogP contribution in [0.1, 0.15) is 40.0 Å². The Kier molecular flexibility index (Phi) is 4.85. The number of hydrogen-bond acceptors (Lipinski definition) is 6. The normalized spacial score (nSPS) is 16.0. The lowest BCUT2D eigenvalue weighted by Crippen LogP contribution is -2.28. The molecule has 0 aliphatic heterocycles. The summed E-state index contributed by atoms with van der Waals surface area (Å²) in [5.41, 5.74) is 1.04. The molecule has 0 saturated heterocycles. The van der Waals surface area contributed by atoms with Crippen molar-refractivity contribution in [3.05, 3.63) is 42.6 Å². The number of pyridine rings is 2. The predicted octanol–water partition coefficient (Wildman–Crippen LogP) is 3.43. The Morgan fingerprint density at radius 1 is 1.27 bits per heavy atom. The molecule has 1 saturated carbocycles. The molecule has 7 nitrogen and oxygen atoms in total. The summed E-state index contributed by atoms with van der Waals surface area (Å²) in [4.78, 5) is 8.36. The molecular formula is C21H25FN4O3S. The van der Waals surface area contributed by atoms with Gasteiger partial charge in [0.1, 0.15) is 11.5 Å². The van der Waals surface area contributed by atoms with E-state index in [1.54, 1.807) is 43.5 Å². The minimum Gasteiger partial charge on any atom is -0.390 e. The van der Waals surface area contributed by atoms with Crippen LogP contribution < -0.4 is 5.32 Å². The number of sulfone groups is 1. The Labute approximate surface area is 174 Å². The minimum absolute atomic E-state index is 0.173. The van der Waals surface area contributed by atoms with Crippen molar-refractivity contribution in [2.75, 3.05) is 11.9 Å². The highest BCUT2D eigenvalue weighted by molar-refractivity contribution is 7.92. The van der Waals surface area contributed by atoms with Gasteiger partial charge in [-0.15, -0.1) is 0 Å². The highest BCUT2D eigenvalue weighted by Crippen LogP contribution is 2.38. The van der Waals surface area contributed by atoms with E-state index in [1.807, 2.05) is 0 Å². The third-order valence-electron chi connectivity index (χ3n) is 5.41. The number of rotatable bonds is 6. The fraction of sp³-hybridized carbons (Fsp3) is 0.429. The van der Waals surface area contributed by atoms with Gasteiger partial charge in [0.05, 0.1) is 27.1 Å². The molecule has 160 valence electrons. The van der Waals surface area contributed by atoms with E-state index < -0.39 is 26.1 Å². The van der Waals surface area contributed by atoms with Crippen molar-refractivity contribution in [3.63, 3.8) is 0 Å². The van der Waals surface area contributed by atoms with Gasteiger partial charge in [-0.05, 0) is 58.2 Å². The van der Waals surface area contributed by atoms with Crippen LogP contribution in [-0.2, 0) is 9.84 Å². The molecule has 0 radical (unpaired) electrons. The number of nitrogens with zero attached hydrogens (tertiary/aromatic N) is 3. The monoisotopic (exact) mass is 432 g/mol. The molecule has 3 aromatic rings. The maximum absolute atomic E-state index is 14.2. The van der Waals surface area contributed by atoms with Gasteiger partial charge in [-0.25, -0.2) is 18.4 Å². The Morgan fingerprint density at radius 2 is 2.00 bits per heavy atom. The lowest BCUT2D eigenvalue weighted by atomic mass is 10.2. The smallest absolute Gasteiger partial charge is 0.215 e. The van der Waals surface area contributed by atoms with Crippen LogP contribution in [0.4, 0.5) is 10.2 Å². The van der Waals surface area contributed by atoms with Gasteiger partial charge in [0.15, 0.2) is 9.84 Å². The third kappa shape index (κ3) is 3.91. The summed E-state index contributed by atoms with van der Waals surface area (Å²) >= 11 is 0. The molecule has 3 heterocycles. The molecular weight excluding hydrogens is 407 g/mol. The zero-order chi connectivity index (χ0) is 21.7. The van der Waals surface area contributed by atoms with E-state index in [2.05, 4.69) is 15.3 Å². The molecule has 0 spiro atoms. The topological polar surface area (TPSA) is 96.6 Å². The van der Waals surface area contributed by atoms with Gasteiger partial charge < -0.3 is 10.4 Å². The molecule has 1 fully saturated rings. The Morgan fingerprint density at radius 3 is 2.67 bits per heavy atom. The van der Waals surface area contributed by atoms with Gasteiger partial charge in [0.2, 0.25) is 5.95 Å². The molecule has 4 rings (SSSR count). The Balaban J connectivity index is 1.69. The largest absolute Gasteiger partial charge is 0.390 e. The lowest BCUT2D eigenvalue weighted by Gasteiger charge is -2.19. The number of nitrogens with one attached hydrogen (secondary N) is 1. The van der Waals surface area contributed by atoms with Crippen molar-refractivity contribution in [3.8, 4) is 11.3 Å². The van der Waals surface area contributed by atoms with Crippen molar-refractivity contribution in [1.82, 2.24) is 14.4 Å². The molecule has 0 atom stereocenters. The summed E-state index contributed by atoms with van der Waals surface area (Å²) in [7, 11) is -3.55. The number of aromatic nitrogens is 3. The first-order valence-electron chi connectivity index (χ1n) is 9.85. The van der Waals surface area contributed by atoms with Gasteiger partial charge >= 0.3 is 0 Å². The molecule has 0 amide bonds. The van der Waals surface area contributed by atoms with Gasteiger partial charge in [0, 0.05) is 24.4 Å². The SMILES string of the molecule is CC(C)(C)S(=O)(=O)c1ccc2ncc(-c3cc(F)nc(NCCC4(O)CC4)c3)n2c1. The van der Waals surface area contributed by atoms with Gasteiger partial charge in [0.25, 0.3) is 0 Å². The average Bonchev–Trinajstić information content (AvgIpc) is 3.23. The molecule has 9 heteroatoms. The third-order valence-corrected chi connectivity index (χ3v) is 7.88. The maximum Gasteiger partial charge on any atom is 0.215 e. The van der Waals surface area contributed by atoms with Crippen LogP contribution in [0.15, 0.2) is 41.6 Å². The fourth-order valence-electron chi connectivity index (χ4n) is 3.24. The van der Waals surface area contributed by atoms with Crippen LogP contribution in [0, 0.1) is 5.95 Å². The van der Waals surface area contributed by atoms with E-state index in [0.717, 1.165) is 12.8 Å². The number of imidazole rings is 1. The van der Waals surface area contributed by atoms with Gasteiger partial charge in [-0.2, -0.15) is 4.39 Å². The van der Waals surface area contributed by atoms with Crippen LogP contribution >= 0.6 is 0 Å². The van der Waals surface area contributed by atoms with E-state index >= 15 is 0 Å². The zero-order valence-electron chi connectivity index (χ0n) is 17.2. The zero-order valence-corrected chi connectivity index (χ0v) is 18.0. The number of halogens is 1. The quantitative estimate of drug-likeness (QED) is 0.580. The highest BCUT2D eigenvalue weighted by Gasteiger charge is 2.39. The number of anilines is 1. The second kappa shape index (κ2) is 7.02. The first kappa shape index (κ1) is 20.7. The van der Waals surface area contributed by atoms with E-state index in [9.17, 15) is 17.9 Å². The van der Waals surface area contributed by atoms with E-state index in [0.29, 0.717) is 35.7 Å². The molecule has 1 aliphatic carbocycles. The van der Waals surface area contributed by atoms with Gasteiger partial charge in [-0.1, -0.05) is 0 Å². The first-order chi connectivity index (χ1) is 14.0. The van der Waals surface area contributed by atoms with Crippen molar-refractivity contribution in [1.29, 1.82) is 0 Å². The van der Waals surface area contributed by atoms with Crippen molar-refractivity contribution in [2.24, 2.45) is 0 Å². The highest BCUT2D eigenvalue weighted by atomic mass is 32.2. The standard InChI is InChI=1S/C21H25FN4O3S/c1-20(2,3)30(28,29)15-4-5-19-24-12-16(26(19)13-15)14-10-17(22)25-18(11-14)23-9-8-21(27)6-7-21/h4-5,10-13,27H,6-9H2,1-3H3,(H,23,25). The summed E-state index contributed by atoms with van der Waals surface area (Å²) < 4.78 is 40.6. The number of hydrogen-bond donors (Lipinski definition) is 2. The Bertz CT molecular complexity index is 1210. The second-order valence-electron chi connectivity index (χ2n) is 8.82. The molecule has 30 heavy (non-hydrogen) atoms. The van der Waals surface area contributed by atoms with Crippen LogP contribution in [-0.4, -0.2) is 44.8 Å². The van der Waals surface area contributed by atoms with Crippen LogP contribution in [0.25, 0.3) is 16.9 Å². The molecule has 2 N–H and O–H groups in total. The van der Waals surface area contributed by atoms with Crippen LogP contribution in [0.5, 0.6) is 0 Å². The molecule has 0 aromatic carbocycles. The van der Waals surface area contributed by atoms with Crippen molar-refractivity contribution < 1.29 is 17.9 Å². The fourth-order valence-corrected chi connectivity index (χ4v) is 4.44. The average molecular weight is 433 g/mol. The van der Waals surface area contributed by atoms with E-state index in [4.69, 9.17) is 0 Å². The summed E-state index contributed by atoms with van der Waals surface area (Å²) in [6.45, 7) is 5.43. The van der Waals surface area contributed by atoms with Gasteiger partial charge in [-0.3, -0.25) is 4.40 Å². The van der Waals surface area contributed by atoms with Crippen molar-refractivity contribution >= 4 is 21.3 Å².